The molecule has 21 heavy (non-hydrogen) atoms. The lowest BCUT2D eigenvalue weighted by Crippen LogP contribution is -2.41. The standard InChI is InChI=1S/C17H35N3O/c1-6-11-19-17(4,15-18)10-8-9-12-20(13-14-21-5)16(3)7-2/h16,19H,6-14H2,1-5H3. The third-order valence-electron chi connectivity index (χ3n) is 4.18. The van der Waals surface area contributed by atoms with Gasteiger partial charge in [0.05, 0.1) is 12.7 Å². The van der Waals surface area contributed by atoms with Crippen LogP contribution in [0.2, 0.25) is 0 Å². The summed E-state index contributed by atoms with van der Waals surface area (Å²) in [4.78, 5) is 2.49. The fourth-order valence-corrected chi connectivity index (χ4v) is 2.40. The maximum atomic E-state index is 9.32. The molecule has 0 bridgehead atoms. The molecule has 0 spiro atoms. The second-order valence-electron chi connectivity index (χ2n) is 6.11. The Balaban J connectivity index is 4.10. The number of ether oxygens (including phenoxy) is 1. The number of hydrogen-bond donors (Lipinski definition) is 1. The van der Waals surface area contributed by atoms with Crippen molar-refractivity contribution in [3.8, 4) is 6.07 Å². The van der Waals surface area contributed by atoms with E-state index in [9.17, 15) is 5.26 Å². The monoisotopic (exact) mass is 297 g/mol. The summed E-state index contributed by atoms with van der Waals surface area (Å²) in [6.07, 6.45) is 5.37. The Bertz CT molecular complexity index is 290. The molecule has 0 aliphatic rings. The van der Waals surface area contributed by atoms with Crippen LogP contribution in [-0.2, 0) is 4.74 Å². The molecule has 0 heterocycles. The van der Waals surface area contributed by atoms with E-state index in [-0.39, 0.29) is 5.54 Å². The molecule has 0 aliphatic heterocycles. The minimum absolute atomic E-state index is 0.371. The fraction of sp³-hybridized carbons (Fsp3) is 0.941. The summed E-state index contributed by atoms with van der Waals surface area (Å²) in [5, 5.41) is 12.7. The van der Waals surface area contributed by atoms with Crippen LogP contribution >= 0.6 is 0 Å². The largest absolute Gasteiger partial charge is 0.383 e. The molecule has 4 heteroatoms. The molecular formula is C17H35N3O. The first-order valence-electron chi connectivity index (χ1n) is 8.42. The minimum Gasteiger partial charge on any atom is -0.383 e. The number of nitrogens with zero attached hydrogens (tertiary/aromatic N) is 2. The lowest BCUT2D eigenvalue weighted by atomic mass is 9.96. The van der Waals surface area contributed by atoms with Gasteiger partial charge in [-0.3, -0.25) is 10.2 Å². The highest BCUT2D eigenvalue weighted by molar-refractivity contribution is 5.03. The van der Waals surface area contributed by atoms with Crippen LogP contribution in [0.25, 0.3) is 0 Å². The average molecular weight is 297 g/mol. The predicted molar refractivity (Wildman–Crippen MR) is 89.4 cm³/mol. The van der Waals surface area contributed by atoms with Gasteiger partial charge in [0.2, 0.25) is 0 Å². The second-order valence-corrected chi connectivity index (χ2v) is 6.11. The number of nitrogens with one attached hydrogen (secondary N) is 1. The number of nitriles is 1. The minimum atomic E-state index is -0.371. The Morgan fingerprint density at radius 3 is 2.52 bits per heavy atom. The molecule has 2 atom stereocenters. The Kier molecular flexibility index (Phi) is 11.6. The van der Waals surface area contributed by atoms with E-state index in [1.807, 2.05) is 6.92 Å². The average Bonchev–Trinajstić information content (AvgIpc) is 2.51. The van der Waals surface area contributed by atoms with Crippen molar-refractivity contribution in [3.63, 3.8) is 0 Å². The maximum Gasteiger partial charge on any atom is 0.103 e. The van der Waals surface area contributed by atoms with Gasteiger partial charge in [0.1, 0.15) is 5.54 Å². The van der Waals surface area contributed by atoms with Crippen molar-refractivity contribution < 1.29 is 4.74 Å². The Labute approximate surface area is 131 Å². The zero-order chi connectivity index (χ0) is 16.1. The van der Waals surface area contributed by atoms with E-state index in [0.29, 0.717) is 6.04 Å². The van der Waals surface area contributed by atoms with Crippen LogP contribution in [0.1, 0.15) is 59.8 Å². The lowest BCUT2D eigenvalue weighted by molar-refractivity contribution is 0.121. The molecule has 0 saturated heterocycles. The van der Waals surface area contributed by atoms with Gasteiger partial charge < -0.3 is 4.74 Å². The van der Waals surface area contributed by atoms with Crippen molar-refractivity contribution in [1.29, 1.82) is 5.26 Å². The van der Waals surface area contributed by atoms with E-state index >= 15 is 0 Å². The Morgan fingerprint density at radius 2 is 2.00 bits per heavy atom. The van der Waals surface area contributed by atoms with Gasteiger partial charge in [0, 0.05) is 19.7 Å². The highest BCUT2D eigenvalue weighted by Gasteiger charge is 2.22. The van der Waals surface area contributed by atoms with Crippen LogP contribution in [-0.4, -0.2) is 49.8 Å². The van der Waals surface area contributed by atoms with E-state index in [4.69, 9.17) is 4.74 Å². The predicted octanol–water partition coefficient (Wildman–Crippen LogP) is 3.19. The van der Waals surface area contributed by atoms with Crippen molar-refractivity contribution in [2.75, 3.05) is 33.4 Å². The van der Waals surface area contributed by atoms with Gasteiger partial charge in [0.25, 0.3) is 0 Å². The van der Waals surface area contributed by atoms with Crippen molar-refractivity contribution in [1.82, 2.24) is 10.2 Å². The third kappa shape index (κ3) is 9.08. The first kappa shape index (κ1) is 20.4. The van der Waals surface area contributed by atoms with Crippen molar-refractivity contribution >= 4 is 0 Å². The maximum absolute atomic E-state index is 9.32. The second kappa shape index (κ2) is 12.0. The van der Waals surface area contributed by atoms with Crippen LogP contribution < -0.4 is 5.32 Å². The smallest absolute Gasteiger partial charge is 0.103 e. The van der Waals surface area contributed by atoms with Gasteiger partial charge in [-0.2, -0.15) is 5.26 Å². The molecule has 0 aliphatic carbocycles. The van der Waals surface area contributed by atoms with E-state index in [0.717, 1.165) is 58.3 Å². The Hall–Kier alpha value is -0.630. The van der Waals surface area contributed by atoms with Gasteiger partial charge in [0.15, 0.2) is 0 Å². The molecule has 124 valence electrons. The van der Waals surface area contributed by atoms with Gasteiger partial charge >= 0.3 is 0 Å². The summed E-state index contributed by atoms with van der Waals surface area (Å²) in [5.41, 5.74) is -0.371. The first-order valence-corrected chi connectivity index (χ1v) is 8.42. The van der Waals surface area contributed by atoms with Gasteiger partial charge in [-0.25, -0.2) is 0 Å². The number of unbranched alkanes of at least 4 members (excludes halogenated alkanes) is 1. The number of methoxy groups -OCH3 is 1. The van der Waals surface area contributed by atoms with E-state index in [1.165, 1.54) is 0 Å². The van der Waals surface area contributed by atoms with Crippen LogP contribution in [0, 0.1) is 11.3 Å². The summed E-state index contributed by atoms with van der Waals surface area (Å²) in [5.74, 6) is 0. The topological polar surface area (TPSA) is 48.3 Å². The summed E-state index contributed by atoms with van der Waals surface area (Å²) >= 11 is 0. The normalized spacial score (nSPS) is 15.7. The van der Waals surface area contributed by atoms with Crippen molar-refractivity contribution in [3.05, 3.63) is 0 Å². The summed E-state index contributed by atoms with van der Waals surface area (Å²) in [6, 6.07) is 3.02. The quantitative estimate of drug-likeness (QED) is 0.530. The molecule has 0 radical (unpaired) electrons. The number of hydrogen-bond acceptors (Lipinski definition) is 4. The zero-order valence-corrected chi connectivity index (χ0v) is 14.7. The SMILES string of the molecule is CCCNC(C)(C#N)CCCCN(CCOC)C(C)CC. The molecule has 0 saturated carbocycles. The van der Waals surface area contributed by atoms with Crippen LogP contribution in [0.5, 0.6) is 0 Å². The molecule has 1 N–H and O–H groups in total. The van der Waals surface area contributed by atoms with Crippen molar-refractivity contribution in [2.24, 2.45) is 0 Å². The molecule has 4 nitrogen and oxygen atoms in total. The highest BCUT2D eigenvalue weighted by atomic mass is 16.5. The molecule has 0 fully saturated rings. The lowest BCUT2D eigenvalue weighted by Gasteiger charge is -2.29. The van der Waals surface area contributed by atoms with E-state index in [2.05, 4.69) is 37.1 Å². The van der Waals surface area contributed by atoms with E-state index < -0.39 is 0 Å². The third-order valence-corrected chi connectivity index (χ3v) is 4.18. The number of rotatable bonds is 13. The molecule has 0 rings (SSSR count). The summed E-state index contributed by atoms with van der Waals surface area (Å²) < 4.78 is 5.19. The molecule has 0 amide bonds. The molecule has 0 aromatic carbocycles. The summed E-state index contributed by atoms with van der Waals surface area (Å²) in [6.45, 7) is 12.4. The van der Waals surface area contributed by atoms with Crippen LogP contribution in [0.15, 0.2) is 0 Å². The molecular weight excluding hydrogens is 262 g/mol. The van der Waals surface area contributed by atoms with Crippen molar-refractivity contribution in [2.45, 2.75) is 71.4 Å². The van der Waals surface area contributed by atoms with Gasteiger partial charge in [-0.1, -0.05) is 13.8 Å². The van der Waals surface area contributed by atoms with E-state index in [1.54, 1.807) is 7.11 Å². The molecule has 0 aromatic heterocycles. The summed E-state index contributed by atoms with van der Waals surface area (Å²) in [7, 11) is 1.76. The first-order chi connectivity index (χ1) is 10.0. The Morgan fingerprint density at radius 1 is 1.29 bits per heavy atom. The highest BCUT2D eigenvalue weighted by Crippen LogP contribution is 2.14. The van der Waals surface area contributed by atoms with Gasteiger partial charge in [-0.05, 0) is 59.0 Å². The molecule has 0 aromatic rings. The fourth-order valence-electron chi connectivity index (χ4n) is 2.40. The van der Waals surface area contributed by atoms with Crippen LogP contribution in [0.4, 0.5) is 0 Å². The van der Waals surface area contributed by atoms with Gasteiger partial charge in [-0.15, -0.1) is 0 Å². The van der Waals surface area contributed by atoms with Crippen LogP contribution in [0.3, 0.4) is 0 Å². The molecule has 2 unspecified atom stereocenters. The zero-order valence-electron chi connectivity index (χ0n) is 14.7.